The Hall–Kier alpha value is -1.43. The summed E-state index contributed by atoms with van der Waals surface area (Å²) in [5.41, 5.74) is 0. The molecule has 2 aromatic heterocycles. The fraction of sp³-hybridized carbons (Fsp3) is 0.375. The van der Waals surface area contributed by atoms with Gasteiger partial charge in [-0.3, -0.25) is 14.3 Å². The number of hydrogen-bond acceptors (Lipinski definition) is 3. The summed E-state index contributed by atoms with van der Waals surface area (Å²) in [6.45, 7) is 2.03. The lowest BCUT2D eigenvalue weighted by molar-refractivity contribution is 0.740. The Kier molecular flexibility index (Phi) is 2.20. The fourth-order valence-electron chi connectivity index (χ4n) is 1.33. The van der Waals surface area contributed by atoms with E-state index in [4.69, 9.17) is 12.2 Å². The maximum absolute atomic E-state index is 5.13. The van der Waals surface area contributed by atoms with Gasteiger partial charge >= 0.3 is 0 Å². The van der Waals surface area contributed by atoms with Gasteiger partial charge in [-0.1, -0.05) is 6.92 Å². The van der Waals surface area contributed by atoms with Crippen LogP contribution in [-0.2, 0) is 13.5 Å². The average molecular weight is 209 g/mol. The molecule has 0 atom stereocenters. The van der Waals surface area contributed by atoms with Crippen LogP contribution in [-0.4, -0.2) is 24.5 Å². The summed E-state index contributed by atoms with van der Waals surface area (Å²) >= 11 is 5.13. The van der Waals surface area contributed by atoms with E-state index in [1.165, 1.54) is 0 Å². The summed E-state index contributed by atoms with van der Waals surface area (Å²) in [7, 11) is 1.87. The molecule has 0 bridgehead atoms. The standard InChI is InChI=1S/C8H11N5S/c1-3-6-9-10-8(14)13(6)7-4-5-12(2)11-7/h4-5H,3H2,1-2H3,(H,10,14). The van der Waals surface area contributed by atoms with Crippen LogP contribution in [0.1, 0.15) is 12.7 Å². The van der Waals surface area contributed by atoms with E-state index in [-0.39, 0.29) is 0 Å². The molecule has 2 aromatic rings. The largest absolute Gasteiger partial charge is 0.274 e. The zero-order chi connectivity index (χ0) is 10.1. The third kappa shape index (κ3) is 1.37. The summed E-state index contributed by atoms with van der Waals surface area (Å²) in [5, 5.41) is 11.2. The molecule has 2 rings (SSSR count). The Morgan fingerprint density at radius 1 is 1.57 bits per heavy atom. The van der Waals surface area contributed by atoms with Crippen LogP contribution >= 0.6 is 12.2 Å². The molecule has 0 unspecified atom stereocenters. The number of aromatic nitrogens is 5. The van der Waals surface area contributed by atoms with Crippen molar-refractivity contribution in [1.82, 2.24) is 24.5 Å². The van der Waals surface area contributed by atoms with Crippen molar-refractivity contribution < 1.29 is 0 Å². The van der Waals surface area contributed by atoms with Crippen LogP contribution in [0.5, 0.6) is 0 Å². The second-order valence-corrected chi connectivity index (χ2v) is 3.37. The number of aromatic amines is 1. The third-order valence-corrected chi connectivity index (χ3v) is 2.26. The molecule has 0 saturated heterocycles. The highest BCUT2D eigenvalue weighted by molar-refractivity contribution is 7.71. The van der Waals surface area contributed by atoms with E-state index in [2.05, 4.69) is 15.3 Å². The normalized spacial score (nSPS) is 10.7. The van der Waals surface area contributed by atoms with Crippen molar-refractivity contribution in [1.29, 1.82) is 0 Å². The molecule has 1 N–H and O–H groups in total. The molecule has 2 heterocycles. The monoisotopic (exact) mass is 209 g/mol. The Balaban J connectivity index is 2.60. The first-order valence-corrected chi connectivity index (χ1v) is 4.79. The van der Waals surface area contributed by atoms with Crippen LogP contribution in [0.4, 0.5) is 0 Å². The zero-order valence-electron chi connectivity index (χ0n) is 8.06. The summed E-state index contributed by atoms with van der Waals surface area (Å²) in [6.07, 6.45) is 2.70. The molecule has 0 radical (unpaired) electrons. The van der Waals surface area contributed by atoms with Gasteiger partial charge in [0, 0.05) is 25.7 Å². The zero-order valence-corrected chi connectivity index (χ0v) is 8.88. The van der Waals surface area contributed by atoms with Gasteiger partial charge in [-0.05, 0) is 12.2 Å². The lowest BCUT2D eigenvalue weighted by Crippen LogP contribution is -2.02. The van der Waals surface area contributed by atoms with E-state index in [0.29, 0.717) is 4.77 Å². The van der Waals surface area contributed by atoms with Crippen molar-refractivity contribution in [2.75, 3.05) is 0 Å². The first kappa shape index (κ1) is 9.14. The van der Waals surface area contributed by atoms with Crippen molar-refractivity contribution in [3.05, 3.63) is 22.9 Å². The summed E-state index contributed by atoms with van der Waals surface area (Å²) in [5.74, 6) is 1.71. The summed E-state index contributed by atoms with van der Waals surface area (Å²) in [4.78, 5) is 0. The van der Waals surface area contributed by atoms with E-state index in [1.807, 2.05) is 30.8 Å². The molecule has 0 saturated carbocycles. The lowest BCUT2D eigenvalue weighted by atomic mass is 10.4. The first-order chi connectivity index (χ1) is 6.72. The third-order valence-electron chi connectivity index (χ3n) is 1.99. The highest BCUT2D eigenvalue weighted by Crippen LogP contribution is 2.08. The quantitative estimate of drug-likeness (QED) is 0.757. The molecule has 0 spiro atoms. The second-order valence-electron chi connectivity index (χ2n) is 2.98. The average Bonchev–Trinajstić information content (AvgIpc) is 2.71. The van der Waals surface area contributed by atoms with Crippen molar-refractivity contribution in [2.24, 2.45) is 7.05 Å². The van der Waals surface area contributed by atoms with Gasteiger partial charge in [0.1, 0.15) is 5.82 Å². The van der Waals surface area contributed by atoms with E-state index < -0.39 is 0 Å². The number of nitrogens with one attached hydrogen (secondary N) is 1. The minimum atomic E-state index is 0.584. The van der Waals surface area contributed by atoms with Crippen LogP contribution in [0.25, 0.3) is 5.82 Å². The highest BCUT2D eigenvalue weighted by atomic mass is 32.1. The number of rotatable bonds is 2. The minimum Gasteiger partial charge on any atom is -0.274 e. The van der Waals surface area contributed by atoms with Gasteiger partial charge in [-0.15, -0.1) is 0 Å². The van der Waals surface area contributed by atoms with Crippen molar-refractivity contribution in [3.8, 4) is 5.82 Å². The first-order valence-electron chi connectivity index (χ1n) is 4.38. The summed E-state index contributed by atoms with van der Waals surface area (Å²) in [6, 6.07) is 1.91. The van der Waals surface area contributed by atoms with E-state index in [9.17, 15) is 0 Å². The lowest BCUT2D eigenvalue weighted by Gasteiger charge is -1.99. The molecule has 14 heavy (non-hydrogen) atoms. The Morgan fingerprint density at radius 2 is 2.36 bits per heavy atom. The van der Waals surface area contributed by atoms with E-state index in [0.717, 1.165) is 18.1 Å². The Bertz CT molecular complexity index is 492. The maximum Gasteiger partial charge on any atom is 0.201 e. The van der Waals surface area contributed by atoms with Crippen molar-refractivity contribution in [2.45, 2.75) is 13.3 Å². The number of hydrogen-bond donors (Lipinski definition) is 1. The summed E-state index contributed by atoms with van der Waals surface area (Å²) < 4.78 is 4.17. The van der Waals surface area contributed by atoms with Crippen LogP contribution in [0.2, 0.25) is 0 Å². The van der Waals surface area contributed by atoms with Gasteiger partial charge in [-0.2, -0.15) is 10.2 Å². The fourth-order valence-corrected chi connectivity index (χ4v) is 1.57. The van der Waals surface area contributed by atoms with Gasteiger partial charge in [0.05, 0.1) is 0 Å². The molecule has 0 aliphatic carbocycles. The smallest absolute Gasteiger partial charge is 0.201 e. The van der Waals surface area contributed by atoms with Crippen LogP contribution in [0.3, 0.4) is 0 Å². The molecule has 0 aromatic carbocycles. The topological polar surface area (TPSA) is 51.4 Å². The van der Waals surface area contributed by atoms with Gasteiger partial charge in [0.25, 0.3) is 0 Å². The molecule has 0 fully saturated rings. The van der Waals surface area contributed by atoms with Gasteiger partial charge in [-0.25, -0.2) is 0 Å². The maximum atomic E-state index is 5.13. The van der Waals surface area contributed by atoms with Crippen LogP contribution in [0.15, 0.2) is 12.3 Å². The highest BCUT2D eigenvalue weighted by Gasteiger charge is 2.07. The van der Waals surface area contributed by atoms with Crippen LogP contribution in [0, 0.1) is 4.77 Å². The Morgan fingerprint density at radius 3 is 2.93 bits per heavy atom. The number of nitrogens with zero attached hydrogens (tertiary/aromatic N) is 4. The van der Waals surface area contributed by atoms with Gasteiger partial charge < -0.3 is 0 Å². The number of H-pyrrole nitrogens is 1. The van der Waals surface area contributed by atoms with Crippen molar-refractivity contribution >= 4 is 12.2 Å². The predicted molar refractivity (Wildman–Crippen MR) is 54.9 cm³/mol. The molecular formula is C8H11N5S. The molecule has 0 amide bonds. The SMILES string of the molecule is CCc1n[nH]c(=S)n1-c1ccn(C)n1. The second kappa shape index (κ2) is 3.38. The van der Waals surface area contributed by atoms with Crippen molar-refractivity contribution in [3.63, 3.8) is 0 Å². The molecule has 5 nitrogen and oxygen atoms in total. The van der Waals surface area contributed by atoms with E-state index >= 15 is 0 Å². The molecule has 0 aliphatic rings. The number of aryl methyl sites for hydroxylation is 2. The van der Waals surface area contributed by atoms with Gasteiger partial charge in [0.15, 0.2) is 5.82 Å². The molecular weight excluding hydrogens is 198 g/mol. The molecule has 0 aliphatic heterocycles. The molecule has 74 valence electrons. The van der Waals surface area contributed by atoms with Gasteiger partial charge in [0.2, 0.25) is 4.77 Å². The predicted octanol–water partition coefficient (Wildman–Crippen LogP) is 1.23. The van der Waals surface area contributed by atoms with E-state index in [1.54, 1.807) is 4.68 Å². The van der Waals surface area contributed by atoms with Crippen LogP contribution < -0.4 is 0 Å². The molecule has 6 heteroatoms. The minimum absolute atomic E-state index is 0.584. The Labute approximate surface area is 86.4 Å².